The molecule has 0 bridgehead atoms. The van der Waals surface area contributed by atoms with E-state index in [1.165, 1.54) is 20.7 Å². The van der Waals surface area contributed by atoms with E-state index in [1.54, 1.807) is 0 Å². The summed E-state index contributed by atoms with van der Waals surface area (Å²) in [7, 11) is -2.37. The van der Waals surface area contributed by atoms with Crippen LogP contribution in [0.15, 0.2) is 121 Å². The van der Waals surface area contributed by atoms with Crippen molar-refractivity contribution < 1.29 is 0 Å². The van der Waals surface area contributed by atoms with Crippen molar-refractivity contribution >= 4 is 45.9 Å². The lowest BCUT2D eigenvalue weighted by Crippen LogP contribution is -2.71. The lowest BCUT2D eigenvalue weighted by Gasteiger charge is -2.53. The van der Waals surface area contributed by atoms with Gasteiger partial charge in [0.05, 0.1) is 0 Å². The fourth-order valence-electron chi connectivity index (χ4n) is 5.53. The van der Waals surface area contributed by atoms with Crippen LogP contribution in [0.25, 0.3) is 0 Å². The molecule has 180 valence electrons. The maximum Gasteiger partial charge on any atom is 0.178 e. The Morgan fingerprint density at radius 2 is 0.571 bits per heavy atom. The van der Waals surface area contributed by atoms with Crippen molar-refractivity contribution in [1.82, 2.24) is 0 Å². The summed E-state index contributed by atoms with van der Waals surface area (Å²) in [5.74, 6) is 0. The van der Waals surface area contributed by atoms with Gasteiger partial charge >= 0.3 is 0 Å². The topological polar surface area (TPSA) is 0 Å². The number of hydrogen-bond donors (Lipinski definition) is 0. The molecule has 0 heterocycles. The SMILES string of the molecule is CC(C)(C)[Si](S[Si](c1ccccc1)(c1ccccc1)C(C)(C)C)(c1ccccc1)c1ccccc1. The van der Waals surface area contributed by atoms with Crippen LogP contribution in [0.5, 0.6) is 0 Å². The fourth-order valence-corrected chi connectivity index (χ4v) is 34.0. The molecule has 0 radical (unpaired) electrons. The number of rotatable bonds is 6. The van der Waals surface area contributed by atoms with Gasteiger partial charge in [0.25, 0.3) is 0 Å². The van der Waals surface area contributed by atoms with Gasteiger partial charge in [-0.05, 0) is 30.8 Å². The normalized spacial score (nSPS) is 13.0. The van der Waals surface area contributed by atoms with Crippen molar-refractivity contribution in [3.63, 3.8) is 0 Å². The summed E-state index contributed by atoms with van der Waals surface area (Å²) >= 11 is 0. The van der Waals surface area contributed by atoms with E-state index in [2.05, 4.69) is 174 Å². The molecule has 35 heavy (non-hydrogen) atoms. The molecule has 0 aliphatic heterocycles. The quantitative estimate of drug-likeness (QED) is 0.256. The minimum Gasteiger partial charge on any atom is -0.185 e. The molecule has 4 aromatic rings. The first-order chi connectivity index (χ1) is 16.6. The summed E-state index contributed by atoms with van der Waals surface area (Å²) < 4.78 is 0. The van der Waals surface area contributed by atoms with Crippen LogP contribution < -0.4 is 20.7 Å². The Labute approximate surface area is 218 Å². The van der Waals surface area contributed by atoms with E-state index in [4.69, 9.17) is 0 Å². The summed E-state index contributed by atoms with van der Waals surface area (Å²) in [4.78, 5) is 0. The molecule has 3 heteroatoms. The average molecular weight is 511 g/mol. The Morgan fingerprint density at radius 1 is 0.371 bits per heavy atom. The molecule has 0 aromatic heterocycles. The maximum atomic E-state index is 2.48. The summed E-state index contributed by atoms with van der Waals surface area (Å²) in [6.45, 7) is 14.9. The van der Waals surface area contributed by atoms with Crippen molar-refractivity contribution in [1.29, 1.82) is 0 Å². The predicted octanol–water partition coefficient (Wildman–Crippen LogP) is 6.84. The van der Waals surface area contributed by atoms with E-state index < -0.39 is 14.4 Å². The first-order valence-corrected chi connectivity index (χ1v) is 18.8. The monoisotopic (exact) mass is 510 g/mol. The van der Waals surface area contributed by atoms with Crippen LogP contribution in [0, 0.1) is 0 Å². The highest BCUT2D eigenvalue weighted by molar-refractivity contribution is 8.54. The van der Waals surface area contributed by atoms with Crippen LogP contribution in [-0.4, -0.2) is 14.4 Å². The molecule has 4 aromatic carbocycles. The highest BCUT2D eigenvalue weighted by Gasteiger charge is 2.59. The Morgan fingerprint density at radius 3 is 0.743 bits per heavy atom. The van der Waals surface area contributed by atoms with Crippen LogP contribution in [0.1, 0.15) is 41.5 Å². The van der Waals surface area contributed by atoms with E-state index in [9.17, 15) is 0 Å². The van der Waals surface area contributed by atoms with Gasteiger partial charge in [0, 0.05) is 0 Å². The van der Waals surface area contributed by atoms with Gasteiger partial charge in [-0.1, -0.05) is 163 Å². The van der Waals surface area contributed by atoms with E-state index in [0.29, 0.717) is 0 Å². The van der Waals surface area contributed by atoms with Gasteiger partial charge in [0.15, 0.2) is 14.4 Å². The fraction of sp³-hybridized carbons (Fsp3) is 0.250. The first-order valence-electron chi connectivity index (χ1n) is 12.6. The lowest BCUT2D eigenvalue weighted by molar-refractivity contribution is 0.742. The third-order valence-corrected chi connectivity index (χ3v) is 30.4. The van der Waals surface area contributed by atoms with Crippen molar-refractivity contribution in [2.45, 2.75) is 51.6 Å². The largest absolute Gasteiger partial charge is 0.185 e. The van der Waals surface area contributed by atoms with Gasteiger partial charge in [-0.25, -0.2) is 0 Å². The smallest absolute Gasteiger partial charge is 0.178 e. The standard InChI is InChI=1S/C32H38SSi2/c1-31(2,3)34(27-19-11-7-12-20-27,28-21-13-8-14-22-28)33-35(32(4,5)6,29-23-15-9-16-24-29)30-25-17-10-18-26-30/h7-26H,1-6H3. The predicted molar refractivity (Wildman–Crippen MR) is 163 cm³/mol. The van der Waals surface area contributed by atoms with Crippen molar-refractivity contribution in [3.05, 3.63) is 121 Å². The van der Waals surface area contributed by atoms with Gasteiger partial charge in [-0.3, -0.25) is 0 Å². The van der Waals surface area contributed by atoms with Gasteiger partial charge in [-0.15, -0.1) is 0 Å². The van der Waals surface area contributed by atoms with Gasteiger partial charge in [0.2, 0.25) is 0 Å². The molecule has 0 spiro atoms. The van der Waals surface area contributed by atoms with Crippen molar-refractivity contribution in [2.24, 2.45) is 0 Å². The molecule has 0 atom stereocenters. The molecule has 4 rings (SSSR count). The number of benzene rings is 4. The molecule has 0 saturated carbocycles. The lowest BCUT2D eigenvalue weighted by atomic mass is 10.2. The van der Waals surface area contributed by atoms with Gasteiger partial charge < -0.3 is 0 Å². The van der Waals surface area contributed by atoms with Crippen LogP contribution in [0.2, 0.25) is 10.1 Å². The van der Waals surface area contributed by atoms with Crippen LogP contribution >= 0.6 is 10.7 Å². The van der Waals surface area contributed by atoms with Gasteiger partial charge in [-0.2, -0.15) is 10.7 Å². The summed E-state index contributed by atoms with van der Waals surface area (Å²) in [6.07, 6.45) is 0. The van der Waals surface area contributed by atoms with Crippen LogP contribution in [-0.2, 0) is 0 Å². The summed E-state index contributed by atoms with van der Waals surface area (Å²) in [5, 5.41) is 6.22. The van der Waals surface area contributed by atoms with E-state index in [1.807, 2.05) is 0 Å². The molecule has 0 nitrogen and oxygen atoms in total. The summed E-state index contributed by atoms with van der Waals surface area (Å²) in [5.41, 5.74) is 0. The minimum atomic E-state index is -2.38. The second-order valence-electron chi connectivity index (χ2n) is 11.4. The molecule has 0 amide bonds. The van der Waals surface area contributed by atoms with E-state index >= 15 is 0 Å². The Kier molecular flexibility index (Phi) is 7.33. The molecule has 0 N–H and O–H groups in total. The van der Waals surface area contributed by atoms with E-state index in [-0.39, 0.29) is 10.1 Å². The molecular formula is C32H38SSi2. The van der Waals surface area contributed by atoms with Gasteiger partial charge in [0.1, 0.15) is 0 Å². The molecule has 0 aliphatic carbocycles. The van der Waals surface area contributed by atoms with Crippen LogP contribution in [0.3, 0.4) is 0 Å². The molecule has 0 saturated heterocycles. The molecule has 0 unspecified atom stereocenters. The average Bonchev–Trinajstić information content (AvgIpc) is 2.85. The van der Waals surface area contributed by atoms with Crippen molar-refractivity contribution in [3.8, 4) is 0 Å². The zero-order valence-corrected chi connectivity index (χ0v) is 24.8. The second kappa shape index (κ2) is 9.96. The first kappa shape index (κ1) is 25.7. The molecule has 0 fully saturated rings. The molecular weight excluding hydrogens is 473 g/mol. The van der Waals surface area contributed by atoms with E-state index in [0.717, 1.165) is 0 Å². The summed E-state index contributed by atoms with van der Waals surface area (Å²) in [6, 6.07) is 45.7. The zero-order chi connectivity index (χ0) is 25.2. The second-order valence-corrected chi connectivity index (χ2v) is 25.8. The Hall–Kier alpha value is -2.34. The third-order valence-electron chi connectivity index (χ3n) is 7.14. The Balaban J connectivity index is 2.15. The number of hydrogen-bond acceptors (Lipinski definition) is 1. The maximum absolute atomic E-state index is 2.48. The highest BCUT2D eigenvalue weighted by Crippen LogP contribution is 2.52. The van der Waals surface area contributed by atoms with Crippen molar-refractivity contribution in [2.75, 3.05) is 0 Å². The Bertz CT molecular complexity index is 1030. The highest BCUT2D eigenvalue weighted by atomic mass is 32.5. The minimum absolute atomic E-state index is 0.0907. The van der Waals surface area contributed by atoms with Crippen LogP contribution in [0.4, 0.5) is 0 Å². The third kappa shape index (κ3) is 4.62. The molecule has 0 aliphatic rings. The zero-order valence-electron chi connectivity index (χ0n) is 22.0.